The van der Waals surface area contributed by atoms with Gasteiger partial charge in [-0.25, -0.2) is 0 Å². The van der Waals surface area contributed by atoms with Crippen LogP contribution < -0.4 is 5.73 Å². The lowest BCUT2D eigenvalue weighted by Crippen LogP contribution is -2.15. The normalized spacial score (nSPS) is 12.5. The summed E-state index contributed by atoms with van der Waals surface area (Å²) in [6.07, 6.45) is 0.845. The van der Waals surface area contributed by atoms with Gasteiger partial charge in [-0.2, -0.15) is 0 Å². The second-order valence-corrected chi connectivity index (χ2v) is 6.20. The van der Waals surface area contributed by atoms with Crippen LogP contribution in [-0.2, 0) is 6.42 Å². The van der Waals surface area contributed by atoms with Crippen LogP contribution in [0.4, 0.5) is 0 Å². The molecule has 3 heteroatoms. The third-order valence-electron chi connectivity index (χ3n) is 4.05. The van der Waals surface area contributed by atoms with Crippen LogP contribution >= 0.6 is 23.2 Å². The predicted molar refractivity (Wildman–Crippen MR) is 95.9 cm³/mol. The summed E-state index contributed by atoms with van der Waals surface area (Å²) >= 11 is 12.5. The second-order valence-electron chi connectivity index (χ2n) is 5.42. The van der Waals surface area contributed by atoms with Gasteiger partial charge in [0.1, 0.15) is 0 Å². The van der Waals surface area contributed by atoms with E-state index in [1.807, 2.05) is 12.1 Å². The molecule has 0 bridgehead atoms. The number of benzene rings is 3. The second kappa shape index (κ2) is 6.70. The van der Waals surface area contributed by atoms with Crippen molar-refractivity contribution in [1.29, 1.82) is 0 Å². The monoisotopic (exact) mass is 329 g/mol. The summed E-state index contributed by atoms with van der Waals surface area (Å²) < 4.78 is 0. The van der Waals surface area contributed by atoms with Crippen molar-refractivity contribution < 1.29 is 0 Å². The van der Waals surface area contributed by atoms with Gasteiger partial charge in [-0.05, 0) is 40.9 Å². The smallest absolute Gasteiger partial charge is 0.0627 e. The van der Waals surface area contributed by atoms with Crippen molar-refractivity contribution in [3.63, 3.8) is 0 Å². The van der Waals surface area contributed by atoms with Gasteiger partial charge in [0.05, 0.1) is 10.0 Å². The highest BCUT2D eigenvalue weighted by Gasteiger charge is 2.16. The fourth-order valence-electron chi connectivity index (χ4n) is 2.89. The van der Waals surface area contributed by atoms with E-state index in [4.69, 9.17) is 28.9 Å². The number of halogens is 2. The summed E-state index contributed by atoms with van der Waals surface area (Å²) in [5.74, 6) is 0.150. The number of hydrogen-bond acceptors (Lipinski definition) is 1. The summed E-state index contributed by atoms with van der Waals surface area (Å²) in [6, 6.07) is 20.5. The highest BCUT2D eigenvalue weighted by molar-refractivity contribution is 6.42. The summed E-state index contributed by atoms with van der Waals surface area (Å²) in [4.78, 5) is 0. The zero-order valence-corrected chi connectivity index (χ0v) is 13.6. The van der Waals surface area contributed by atoms with E-state index in [0.29, 0.717) is 16.6 Å². The first-order valence-electron chi connectivity index (χ1n) is 7.31. The van der Waals surface area contributed by atoms with Gasteiger partial charge in [-0.1, -0.05) is 77.8 Å². The first-order chi connectivity index (χ1) is 10.7. The Bertz CT molecular complexity index is 793. The Morgan fingerprint density at radius 1 is 0.864 bits per heavy atom. The molecule has 0 spiro atoms. The Labute approximate surface area is 140 Å². The van der Waals surface area contributed by atoms with E-state index in [0.717, 1.165) is 12.0 Å². The van der Waals surface area contributed by atoms with Crippen molar-refractivity contribution in [2.24, 2.45) is 5.73 Å². The molecule has 0 radical (unpaired) electrons. The summed E-state index contributed by atoms with van der Waals surface area (Å²) in [5.41, 5.74) is 8.31. The standard InChI is InChI=1S/C19H17Cl2N/c20-18-10-4-9-17(19(18)21)15(12-22)11-14-7-3-6-13-5-1-2-8-16(13)14/h1-10,15H,11-12,22H2. The van der Waals surface area contributed by atoms with Gasteiger partial charge in [-0.3, -0.25) is 0 Å². The Balaban J connectivity index is 2.00. The molecule has 1 unspecified atom stereocenters. The maximum absolute atomic E-state index is 6.36. The molecule has 1 nitrogen and oxygen atoms in total. The molecule has 0 saturated heterocycles. The molecule has 0 amide bonds. The molecule has 0 fully saturated rings. The molecule has 22 heavy (non-hydrogen) atoms. The topological polar surface area (TPSA) is 26.0 Å². The molecular formula is C19H17Cl2N. The molecular weight excluding hydrogens is 313 g/mol. The lowest BCUT2D eigenvalue weighted by Gasteiger charge is -2.18. The van der Waals surface area contributed by atoms with E-state index in [1.165, 1.54) is 16.3 Å². The number of fused-ring (bicyclic) bond motifs is 1. The average Bonchev–Trinajstić information content (AvgIpc) is 2.55. The fraction of sp³-hybridized carbons (Fsp3) is 0.158. The van der Waals surface area contributed by atoms with Crippen molar-refractivity contribution in [2.45, 2.75) is 12.3 Å². The Morgan fingerprint density at radius 3 is 2.41 bits per heavy atom. The van der Waals surface area contributed by atoms with Crippen molar-refractivity contribution in [3.05, 3.63) is 81.8 Å². The molecule has 0 saturated carbocycles. The van der Waals surface area contributed by atoms with Crippen molar-refractivity contribution >= 4 is 34.0 Å². The molecule has 0 heterocycles. The van der Waals surface area contributed by atoms with E-state index in [1.54, 1.807) is 6.07 Å². The quantitative estimate of drug-likeness (QED) is 0.678. The Kier molecular flexibility index (Phi) is 4.68. The van der Waals surface area contributed by atoms with Crippen LogP contribution in [0.3, 0.4) is 0 Å². The SMILES string of the molecule is NCC(Cc1cccc2ccccc12)c1cccc(Cl)c1Cl. The van der Waals surface area contributed by atoms with E-state index in [-0.39, 0.29) is 5.92 Å². The van der Waals surface area contributed by atoms with Gasteiger partial charge in [0.2, 0.25) is 0 Å². The maximum atomic E-state index is 6.36. The van der Waals surface area contributed by atoms with Gasteiger partial charge in [0.15, 0.2) is 0 Å². The maximum Gasteiger partial charge on any atom is 0.0627 e. The first-order valence-corrected chi connectivity index (χ1v) is 8.07. The molecule has 112 valence electrons. The van der Waals surface area contributed by atoms with Crippen molar-refractivity contribution in [1.82, 2.24) is 0 Å². The van der Waals surface area contributed by atoms with Gasteiger partial charge in [-0.15, -0.1) is 0 Å². The third kappa shape index (κ3) is 2.98. The molecule has 3 rings (SSSR count). The van der Waals surface area contributed by atoms with Crippen molar-refractivity contribution in [2.75, 3.05) is 6.54 Å². The molecule has 2 N–H and O–H groups in total. The molecule has 0 aliphatic carbocycles. The summed E-state index contributed by atoms with van der Waals surface area (Å²) in [6.45, 7) is 0.531. The number of hydrogen-bond donors (Lipinski definition) is 1. The molecule has 0 aliphatic heterocycles. The van der Waals surface area contributed by atoms with E-state index >= 15 is 0 Å². The van der Waals surface area contributed by atoms with E-state index in [9.17, 15) is 0 Å². The minimum atomic E-state index is 0.150. The van der Waals surface area contributed by atoms with Crippen LogP contribution in [0, 0.1) is 0 Å². The first kappa shape index (κ1) is 15.4. The van der Waals surface area contributed by atoms with Crippen LogP contribution in [0.1, 0.15) is 17.0 Å². The Morgan fingerprint density at radius 2 is 1.59 bits per heavy atom. The highest BCUT2D eigenvalue weighted by atomic mass is 35.5. The summed E-state index contributed by atoms with van der Waals surface area (Å²) in [7, 11) is 0. The minimum absolute atomic E-state index is 0.150. The van der Waals surface area contributed by atoms with Crippen molar-refractivity contribution in [3.8, 4) is 0 Å². The molecule has 0 aromatic heterocycles. The van der Waals surface area contributed by atoms with Crippen LogP contribution in [0.15, 0.2) is 60.7 Å². The van der Waals surface area contributed by atoms with Crippen LogP contribution in [0.25, 0.3) is 10.8 Å². The van der Waals surface area contributed by atoms with Gasteiger partial charge in [0.25, 0.3) is 0 Å². The summed E-state index contributed by atoms with van der Waals surface area (Å²) in [5, 5.41) is 3.70. The van der Waals surface area contributed by atoms with Gasteiger partial charge in [0, 0.05) is 5.92 Å². The van der Waals surface area contributed by atoms with Gasteiger partial charge < -0.3 is 5.73 Å². The third-order valence-corrected chi connectivity index (χ3v) is 4.89. The molecule has 1 atom stereocenters. The molecule has 0 aliphatic rings. The van der Waals surface area contributed by atoms with Crippen LogP contribution in [-0.4, -0.2) is 6.54 Å². The van der Waals surface area contributed by atoms with E-state index in [2.05, 4.69) is 42.5 Å². The minimum Gasteiger partial charge on any atom is -0.330 e. The largest absolute Gasteiger partial charge is 0.330 e. The Hall–Kier alpha value is -1.54. The zero-order chi connectivity index (χ0) is 15.5. The van der Waals surface area contributed by atoms with E-state index < -0.39 is 0 Å². The number of nitrogens with two attached hydrogens (primary N) is 1. The van der Waals surface area contributed by atoms with Gasteiger partial charge >= 0.3 is 0 Å². The number of rotatable bonds is 4. The average molecular weight is 330 g/mol. The molecule has 3 aromatic carbocycles. The molecule has 3 aromatic rings. The highest BCUT2D eigenvalue weighted by Crippen LogP contribution is 2.33. The lowest BCUT2D eigenvalue weighted by atomic mass is 9.90. The predicted octanol–water partition coefficient (Wildman–Crippen LogP) is 5.43. The fourth-order valence-corrected chi connectivity index (χ4v) is 3.35. The van der Waals surface area contributed by atoms with Crippen LogP contribution in [0.2, 0.25) is 10.0 Å². The van der Waals surface area contributed by atoms with Crippen LogP contribution in [0.5, 0.6) is 0 Å². The lowest BCUT2D eigenvalue weighted by molar-refractivity contribution is 0.697. The zero-order valence-electron chi connectivity index (χ0n) is 12.1.